The van der Waals surface area contributed by atoms with E-state index in [1.54, 1.807) is 6.92 Å². The van der Waals surface area contributed by atoms with Crippen molar-refractivity contribution in [3.8, 4) is 0 Å². The zero-order chi connectivity index (χ0) is 10.3. The molecule has 3 aliphatic rings. The Kier molecular flexibility index (Phi) is 1.66. The van der Waals surface area contributed by atoms with Gasteiger partial charge < -0.3 is 9.47 Å². The van der Waals surface area contributed by atoms with E-state index in [0.29, 0.717) is 0 Å². The lowest BCUT2D eigenvalue weighted by Gasteiger charge is -2.34. The van der Waals surface area contributed by atoms with E-state index in [2.05, 4.69) is 0 Å². The highest BCUT2D eigenvalue weighted by atomic mass is 35.6. The summed E-state index contributed by atoms with van der Waals surface area (Å²) in [5.74, 6) is -0.00766. The second-order valence-electron chi connectivity index (χ2n) is 4.14. The number of hydrogen-bond donors (Lipinski definition) is 0. The quantitative estimate of drug-likeness (QED) is 0.488. The Labute approximate surface area is 95.6 Å². The van der Waals surface area contributed by atoms with E-state index < -0.39 is 21.4 Å². The molecular formula is C8H7Cl3O3. The molecule has 0 amide bonds. The maximum absolute atomic E-state index is 11.4. The molecule has 4 atom stereocenters. The molecule has 1 aliphatic carbocycles. The van der Waals surface area contributed by atoms with E-state index in [1.165, 1.54) is 0 Å². The Morgan fingerprint density at radius 2 is 1.64 bits per heavy atom. The largest absolute Gasteiger partial charge is 0.360 e. The van der Waals surface area contributed by atoms with Crippen LogP contribution >= 0.6 is 34.8 Å². The number of carbonyl (C=O) groups is 1. The summed E-state index contributed by atoms with van der Waals surface area (Å²) in [5.41, 5.74) is -0.707. The molecule has 0 aromatic heterocycles. The van der Waals surface area contributed by atoms with Crippen LogP contribution in [0.25, 0.3) is 0 Å². The number of halogens is 3. The number of ether oxygens (including phenoxy) is 2. The molecule has 2 saturated heterocycles. The SMILES string of the molecule is CC1(C(Cl)(Cl)Cl)C2OC2C(=O)C2OC21. The fourth-order valence-corrected chi connectivity index (χ4v) is 2.86. The molecule has 78 valence electrons. The van der Waals surface area contributed by atoms with Gasteiger partial charge in [-0.05, 0) is 0 Å². The first-order valence-electron chi connectivity index (χ1n) is 4.29. The number of hydrogen-bond acceptors (Lipinski definition) is 3. The number of Topliss-reactive ketones (excluding diaryl/α,β-unsaturated/α-hetero) is 1. The molecule has 0 bridgehead atoms. The average molecular weight is 258 g/mol. The average Bonchev–Trinajstić information content (AvgIpc) is 2.90. The monoisotopic (exact) mass is 256 g/mol. The van der Waals surface area contributed by atoms with E-state index in [-0.39, 0.29) is 18.0 Å². The molecule has 0 aromatic rings. The van der Waals surface area contributed by atoms with Crippen LogP contribution in [0.5, 0.6) is 0 Å². The third-order valence-electron chi connectivity index (χ3n) is 3.34. The topological polar surface area (TPSA) is 42.1 Å². The van der Waals surface area contributed by atoms with Gasteiger partial charge in [0, 0.05) is 0 Å². The predicted octanol–water partition coefficient (Wildman–Crippen LogP) is 1.48. The summed E-state index contributed by atoms with van der Waals surface area (Å²) in [5, 5.41) is 0. The lowest BCUT2D eigenvalue weighted by Crippen LogP contribution is -2.49. The van der Waals surface area contributed by atoms with Gasteiger partial charge in [-0.2, -0.15) is 0 Å². The van der Waals surface area contributed by atoms with Crippen molar-refractivity contribution in [2.45, 2.75) is 35.1 Å². The van der Waals surface area contributed by atoms with Crippen molar-refractivity contribution in [2.24, 2.45) is 5.41 Å². The Hall–Kier alpha value is 0.460. The summed E-state index contributed by atoms with van der Waals surface area (Å²) in [7, 11) is 0. The molecular weight excluding hydrogens is 250 g/mol. The Bertz CT molecular complexity index is 304. The van der Waals surface area contributed by atoms with E-state index in [0.717, 1.165) is 0 Å². The van der Waals surface area contributed by atoms with Gasteiger partial charge in [-0.15, -0.1) is 0 Å². The Morgan fingerprint density at radius 1 is 1.21 bits per heavy atom. The van der Waals surface area contributed by atoms with E-state index >= 15 is 0 Å². The highest BCUT2D eigenvalue weighted by Crippen LogP contribution is 2.64. The molecule has 3 fully saturated rings. The van der Waals surface area contributed by atoms with Gasteiger partial charge in [0.1, 0.15) is 24.4 Å². The maximum Gasteiger partial charge on any atom is 0.201 e. The third-order valence-corrected chi connectivity index (χ3v) is 4.56. The van der Waals surface area contributed by atoms with Crippen LogP contribution in [0, 0.1) is 5.41 Å². The molecule has 14 heavy (non-hydrogen) atoms. The lowest BCUT2D eigenvalue weighted by atomic mass is 9.76. The zero-order valence-electron chi connectivity index (χ0n) is 7.17. The van der Waals surface area contributed by atoms with Crippen molar-refractivity contribution in [3.05, 3.63) is 0 Å². The molecule has 4 unspecified atom stereocenters. The summed E-state index contributed by atoms with van der Waals surface area (Å²) in [6, 6.07) is 0. The van der Waals surface area contributed by atoms with Crippen LogP contribution in [0.2, 0.25) is 0 Å². The van der Waals surface area contributed by atoms with Crippen LogP contribution in [-0.4, -0.2) is 34.0 Å². The molecule has 6 heteroatoms. The van der Waals surface area contributed by atoms with Gasteiger partial charge >= 0.3 is 0 Å². The second-order valence-corrected chi connectivity index (χ2v) is 6.42. The lowest BCUT2D eigenvalue weighted by molar-refractivity contribution is -0.121. The number of carbonyl (C=O) groups excluding carboxylic acids is 1. The summed E-state index contributed by atoms with van der Waals surface area (Å²) in [6.07, 6.45) is -1.43. The van der Waals surface area contributed by atoms with Crippen LogP contribution in [0.1, 0.15) is 6.92 Å². The summed E-state index contributed by atoms with van der Waals surface area (Å²) >= 11 is 17.7. The second kappa shape index (κ2) is 2.41. The normalized spacial score (nSPS) is 55.0. The predicted molar refractivity (Wildman–Crippen MR) is 50.7 cm³/mol. The molecule has 0 aromatic carbocycles. The summed E-state index contributed by atoms with van der Waals surface area (Å²) in [4.78, 5) is 11.4. The fourth-order valence-electron chi connectivity index (χ4n) is 2.22. The first-order valence-corrected chi connectivity index (χ1v) is 5.42. The maximum atomic E-state index is 11.4. The number of rotatable bonds is 0. The number of alkyl halides is 3. The van der Waals surface area contributed by atoms with Crippen molar-refractivity contribution >= 4 is 40.6 Å². The minimum Gasteiger partial charge on any atom is -0.360 e. The molecule has 2 aliphatic heterocycles. The first kappa shape index (κ1) is 9.67. The summed E-state index contributed by atoms with van der Waals surface area (Å²) in [6.45, 7) is 1.79. The fraction of sp³-hybridized carbons (Fsp3) is 0.875. The molecule has 0 radical (unpaired) electrons. The Balaban J connectivity index is 1.99. The molecule has 0 N–H and O–H groups in total. The third kappa shape index (κ3) is 0.952. The zero-order valence-corrected chi connectivity index (χ0v) is 9.44. The number of fused-ring (bicyclic) bond motifs is 2. The van der Waals surface area contributed by atoms with Crippen LogP contribution in [-0.2, 0) is 14.3 Å². The smallest absolute Gasteiger partial charge is 0.201 e. The van der Waals surface area contributed by atoms with E-state index in [9.17, 15) is 4.79 Å². The Morgan fingerprint density at radius 3 is 2.00 bits per heavy atom. The van der Waals surface area contributed by atoms with Gasteiger partial charge in [0.15, 0.2) is 5.78 Å². The minimum atomic E-state index is -1.47. The number of epoxide rings is 2. The van der Waals surface area contributed by atoms with Crippen LogP contribution in [0.15, 0.2) is 0 Å². The van der Waals surface area contributed by atoms with Crippen molar-refractivity contribution in [3.63, 3.8) is 0 Å². The number of ketones is 1. The summed E-state index contributed by atoms with van der Waals surface area (Å²) < 4.78 is 9.03. The van der Waals surface area contributed by atoms with Gasteiger partial charge in [-0.25, -0.2) is 0 Å². The van der Waals surface area contributed by atoms with Crippen molar-refractivity contribution < 1.29 is 14.3 Å². The van der Waals surface area contributed by atoms with Gasteiger partial charge in [0.05, 0.1) is 5.41 Å². The van der Waals surface area contributed by atoms with Gasteiger partial charge in [0.25, 0.3) is 0 Å². The molecule has 1 saturated carbocycles. The highest BCUT2D eigenvalue weighted by molar-refractivity contribution is 6.68. The molecule has 2 heterocycles. The molecule has 3 nitrogen and oxygen atoms in total. The van der Waals surface area contributed by atoms with E-state index in [1.807, 2.05) is 0 Å². The van der Waals surface area contributed by atoms with Crippen molar-refractivity contribution in [2.75, 3.05) is 0 Å². The van der Waals surface area contributed by atoms with Gasteiger partial charge in [0.2, 0.25) is 3.79 Å². The van der Waals surface area contributed by atoms with Crippen LogP contribution in [0.3, 0.4) is 0 Å². The van der Waals surface area contributed by atoms with Gasteiger partial charge in [-0.3, -0.25) is 4.79 Å². The first-order chi connectivity index (χ1) is 6.37. The molecule has 3 rings (SSSR count). The van der Waals surface area contributed by atoms with E-state index in [4.69, 9.17) is 44.3 Å². The molecule has 0 spiro atoms. The van der Waals surface area contributed by atoms with Crippen LogP contribution < -0.4 is 0 Å². The standard InChI is InChI=1S/C8H7Cl3O3/c1-7(8(9,10)11)5-3(13-5)2(12)4-6(7)14-4/h3-6H,1H3. The van der Waals surface area contributed by atoms with Crippen molar-refractivity contribution in [1.29, 1.82) is 0 Å². The van der Waals surface area contributed by atoms with Gasteiger partial charge in [-0.1, -0.05) is 41.7 Å². The van der Waals surface area contributed by atoms with Crippen LogP contribution in [0.4, 0.5) is 0 Å². The minimum absolute atomic E-state index is 0.00766. The van der Waals surface area contributed by atoms with Crippen molar-refractivity contribution in [1.82, 2.24) is 0 Å². The highest BCUT2D eigenvalue weighted by Gasteiger charge is 2.78.